The van der Waals surface area contributed by atoms with Crippen molar-refractivity contribution in [2.24, 2.45) is 17.8 Å². The average Bonchev–Trinajstić information content (AvgIpc) is 3.75. The highest BCUT2D eigenvalue weighted by Crippen LogP contribution is 2.43. The molecular formula is C47H80N4O14S2. The molecule has 20 heteroatoms. The number of hydrogen-bond acceptors (Lipinski definition) is 18. The number of cyclic esters (lactones) is 1. The van der Waals surface area contributed by atoms with Gasteiger partial charge in [0.2, 0.25) is 10.0 Å². The lowest BCUT2D eigenvalue weighted by molar-refractivity contribution is -0.336. The molecule has 0 aliphatic carbocycles. The maximum absolute atomic E-state index is 14.5. The van der Waals surface area contributed by atoms with Gasteiger partial charge in [0.1, 0.15) is 40.0 Å². The summed E-state index contributed by atoms with van der Waals surface area (Å²) in [5, 5.41) is 68.7. The normalized spacial score (nSPS) is 42.3. The molecule has 3 aliphatic rings. The Kier molecular flexibility index (Phi) is 18.5. The van der Waals surface area contributed by atoms with Gasteiger partial charge in [-0.15, -0.1) is 11.3 Å². The molecule has 2 aromatic heterocycles. The zero-order valence-corrected chi connectivity index (χ0v) is 43.3. The summed E-state index contributed by atoms with van der Waals surface area (Å²) in [4.78, 5) is 18.8. The molecule has 3 saturated heterocycles. The molecule has 0 aromatic carbocycles. The third-order valence-corrected chi connectivity index (χ3v) is 17.5. The van der Waals surface area contributed by atoms with E-state index in [9.17, 15) is 38.7 Å². The number of hydrogen-bond donors (Lipinski definition) is 7. The summed E-state index contributed by atoms with van der Waals surface area (Å²) >= 11 is 1.36. The minimum Gasteiger partial charge on any atom is -0.459 e. The molecule has 0 amide bonds. The van der Waals surface area contributed by atoms with Crippen molar-refractivity contribution in [3.63, 3.8) is 0 Å². The highest BCUT2D eigenvalue weighted by atomic mass is 32.2. The first-order valence-corrected chi connectivity index (χ1v) is 26.2. The van der Waals surface area contributed by atoms with Gasteiger partial charge in [0.15, 0.2) is 12.6 Å². The third-order valence-electron chi connectivity index (χ3n) is 14.8. The van der Waals surface area contributed by atoms with Crippen LogP contribution < -0.4 is 10.6 Å². The molecule has 0 saturated carbocycles. The molecule has 384 valence electrons. The van der Waals surface area contributed by atoms with Crippen LogP contribution in [0.2, 0.25) is 0 Å². The van der Waals surface area contributed by atoms with Crippen molar-refractivity contribution in [1.29, 1.82) is 0 Å². The third kappa shape index (κ3) is 11.9. The number of pyridine rings is 1. The summed E-state index contributed by atoms with van der Waals surface area (Å²) < 4.78 is 68.7. The first kappa shape index (κ1) is 55.9. The lowest BCUT2D eigenvalue weighted by Gasteiger charge is -2.53. The molecular weight excluding hydrogens is 909 g/mol. The van der Waals surface area contributed by atoms with Gasteiger partial charge >= 0.3 is 5.97 Å². The van der Waals surface area contributed by atoms with E-state index in [2.05, 4.69) is 15.6 Å². The van der Waals surface area contributed by atoms with Crippen LogP contribution in [0.5, 0.6) is 0 Å². The summed E-state index contributed by atoms with van der Waals surface area (Å²) in [5.74, 6) is -3.15. The molecule has 3 aliphatic heterocycles. The van der Waals surface area contributed by atoms with Crippen molar-refractivity contribution >= 4 is 37.5 Å². The van der Waals surface area contributed by atoms with E-state index < -0.39 is 118 Å². The van der Waals surface area contributed by atoms with E-state index in [1.54, 1.807) is 67.5 Å². The number of fused-ring (bicyclic) bond motifs is 1. The predicted octanol–water partition coefficient (Wildman–Crippen LogP) is 3.30. The number of thiophene rings is 1. The zero-order chi connectivity index (χ0) is 50.0. The summed E-state index contributed by atoms with van der Waals surface area (Å²) in [7, 11) is -1.30. The van der Waals surface area contributed by atoms with Gasteiger partial charge in [-0.1, -0.05) is 27.7 Å². The quantitative estimate of drug-likeness (QED) is 0.112. The Balaban J connectivity index is 1.57. The van der Waals surface area contributed by atoms with Crippen molar-refractivity contribution in [1.82, 2.24) is 19.9 Å². The summed E-state index contributed by atoms with van der Waals surface area (Å²) in [6.45, 7) is 20.1. The van der Waals surface area contributed by atoms with Crippen LogP contribution >= 0.6 is 11.3 Å². The number of carbonyl (C=O) groups is 1. The van der Waals surface area contributed by atoms with Gasteiger partial charge in [-0.05, 0) is 111 Å². The lowest BCUT2D eigenvalue weighted by Crippen LogP contribution is -2.70. The number of sulfonamides is 1. The van der Waals surface area contributed by atoms with Crippen molar-refractivity contribution in [3.05, 3.63) is 23.7 Å². The fourth-order valence-electron chi connectivity index (χ4n) is 10.4. The van der Waals surface area contributed by atoms with Gasteiger partial charge in [0.25, 0.3) is 0 Å². The summed E-state index contributed by atoms with van der Waals surface area (Å²) in [5.41, 5.74) is -5.68. The second-order valence-corrected chi connectivity index (χ2v) is 23.2. The number of ether oxygens (including phenoxy) is 6. The number of aliphatic hydroxyl groups excluding tert-OH is 2. The molecule has 7 N–H and O–H groups in total. The van der Waals surface area contributed by atoms with Gasteiger partial charge < -0.3 is 64.6 Å². The number of aromatic nitrogens is 1. The molecule has 0 radical (unpaired) electrons. The number of nitrogens with zero attached hydrogens (tertiary/aromatic N) is 2. The van der Waals surface area contributed by atoms with Crippen LogP contribution in [-0.4, -0.2) is 173 Å². The van der Waals surface area contributed by atoms with Crippen LogP contribution in [0.4, 0.5) is 0 Å². The Morgan fingerprint density at radius 2 is 1.72 bits per heavy atom. The second-order valence-electron chi connectivity index (χ2n) is 20.2. The molecule has 0 spiro atoms. The van der Waals surface area contributed by atoms with Crippen LogP contribution in [-0.2, 0) is 43.2 Å². The van der Waals surface area contributed by atoms with Crippen molar-refractivity contribution < 1.29 is 67.2 Å². The number of esters is 1. The maximum Gasteiger partial charge on any atom is 0.311 e. The average molecular weight is 989 g/mol. The van der Waals surface area contributed by atoms with Gasteiger partial charge in [-0.3, -0.25) is 9.78 Å². The zero-order valence-electron chi connectivity index (χ0n) is 41.7. The van der Waals surface area contributed by atoms with Gasteiger partial charge in [-0.25, -0.2) is 8.42 Å². The molecule has 67 heavy (non-hydrogen) atoms. The smallest absolute Gasteiger partial charge is 0.311 e. The van der Waals surface area contributed by atoms with E-state index in [4.69, 9.17) is 28.4 Å². The Bertz CT molecular complexity index is 2040. The van der Waals surface area contributed by atoms with Crippen LogP contribution in [0.3, 0.4) is 0 Å². The standard InChI is InChI=1S/C47H80N4O14S2/c1-14-17-48-25-47(57)31(8)62-37(22-45(47,10)60-13)64-39-28(5)41(44(9,55)21-26(3)23-49-30(7)40(53)46(11,56)36(15-2)63-42(54)29(39)6)65-43-38(52)34(19-27(4)61-43)51(12)67(58,59)32-20-35-33(50-24-32)16-18-66-35/h16,18,20,24,26-31,34,36-41,43,48-49,52-53,55-57H,14-15,17,19,21-23,25H2,1-13H3/t26-,27-,28+,29-,30-,31+,34+,36-,37+,38-,39+,40-,41-,43+,44-,45-,46-,47+/m1/s1. The van der Waals surface area contributed by atoms with Gasteiger partial charge in [-0.2, -0.15) is 4.31 Å². The Hall–Kier alpha value is -1.99. The molecule has 0 bridgehead atoms. The van der Waals surface area contributed by atoms with Crippen molar-refractivity contribution in [2.45, 2.75) is 203 Å². The fraction of sp³-hybridized carbons (Fsp3) is 0.830. The lowest BCUT2D eigenvalue weighted by atomic mass is 9.75. The number of likely N-dealkylation sites (N-methyl/N-ethyl adjacent to an activating group) is 1. The molecule has 18 atom stereocenters. The van der Waals surface area contributed by atoms with Crippen molar-refractivity contribution in [3.8, 4) is 0 Å². The predicted molar refractivity (Wildman–Crippen MR) is 253 cm³/mol. The summed E-state index contributed by atoms with van der Waals surface area (Å²) in [6.07, 6.45) is -8.07. The minimum absolute atomic E-state index is 0.0174. The van der Waals surface area contributed by atoms with Crippen LogP contribution in [0.1, 0.15) is 108 Å². The van der Waals surface area contributed by atoms with Gasteiger partial charge in [0.05, 0.1) is 52.2 Å². The van der Waals surface area contributed by atoms with Crippen LogP contribution in [0.15, 0.2) is 28.6 Å². The molecule has 5 rings (SSSR count). The topological polar surface area (TPSA) is 248 Å². The number of nitrogens with one attached hydrogen (secondary N) is 2. The highest BCUT2D eigenvalue weighted by Gasteiger charge is 2.58. The van der Waals surface area contributed by atoms with Crippen LogP contribution in [0, 0.1) is 17.8 Å². The van der Waals surface area contributed by atoms with Gasteiger partial charge in [0, 0.05) is 45.3 Å². The first-order chi connectivity index (χ1) is 31.2. The van der Waals surface area contributed by atoms with E-state index in [1.807, 2.05) is 19.2 Å². The second kappa shape index (κ2) is 22.2. The molecule has 3 fully saturated rings. The van der Waals surface area contributed by atoms with E-state index in [1.165, 1.54) is 38.6 Å². The number of aliphatic hydroxyl groups is 5. The fourth-order valence-corrected chi connectivity index (χ4v) is 12.6. The Labute approximate surface area is 401 Å². The Morgan fingerprint density at radius 1 is 1.03 bits per heavy atom. The van der Waals surface area contributed by atoms with E-state index in [0.717, 1.165) is 10.7 Å². The molecule has 0 unspecified atom stereocenters. The van der Waals surface area contributed by atoms with E-state index in [-0.39, 0.29) is 49.6 Å². The SMILES string of the molecule is CCCNC[C@]1(O)[C@H](C)O[C@@H](O[C@H]2[C@H](C)[C@@H](O[C@@H]3O[C@H](C)C[C@H](N(C)S(=O)(=O)c4cnc5ccsc5c4)[C@H]3O)[C@](C)(O)C[C@@H](C)CN[C@H](C)[C@@H](O)[C@](C)(O)[C@@H](CC)OC(=O)[C@@H]2C)C[C@@]1(C)OC. The first-order valence-electron chi connectivity index (χ1n) is 23.8. The number of carbonyl (C=O) groups excluding carboxylic acids is 1. The minimum atomic E-state index is -4.19. The van der Waals surface area contributed by atoms with Crippen LogP contribution in [0.25, 0.3) is 10.2 Å². The van der Waals surface area contributed by atoms with Crippen molar-refractivity contribution in [2.75, 3.05) is 33.8 Å². The summed E-state index contributed by atoms with van der Waals surface area (Å²) in [6, 6.07) is 1.65. The number of methoxy groups -OCH3 is 1. The maximum atomic E-state index is 14.5. The van der Waals surface area contributed by atoms with E-state index in [0.29, 0.717) is 16.8 Å². The molecule has 18 nitrogen and oxygen atoms in total. The monoisotopic (exact) mass is 989 g/mol. The number of rotatable bonds is 13. The molecule has 5 heterocycles. The largest absolute Gasteiger partial charge is 0.459 e. The molecule has 2 aromatic rings. The Morgan fingerprint density at radius 3 is 2.36 bits per heavy atom. The highest BCUT2D eigenvalue weighted by molar-refractivity contribution is 7.89. The van der Waals surface area contributed by atoms with E-state index >= 15 is 0 Å².